The van der Waals surface area contributed by atoms with E-state index in [4.69, 9.17) is 14.2 Å². The molecule has 0 aromatic carbocycles. The van der Waals surface area contributed by atoms with Gasteiger partial charge in [-0.05, 0) is 54.6 Å². The highest BCUT2D eigenvalue weighted by atomic mass is 16.7. The molecular weight excluding hydrogens is 332 g/mol. The molecule has 0 aromatic rings. The van der Waals surface area contributed by atoms with Crippen LogP contribution >= 0.6 is 0 Å². The van der Waals surface area contributed by atoms with E-state index in [0.29, 0.717) is 24.4 Å². The Morgan fingerprint density at radius 3 is 2.69 bits per heavy atom. The van der Waals surface area contributed by atoms with Gasteiger partial charge in [-0.2, -0.15) is 0 Å². The summed E-state index contributed by atoms with van der Waals surface area (Å²) in [5, 5.41) is 0. The van der Waals surface area contributed by atoms with Crippen LogP contribution in [0.2, 0.25) is 0 Å². The van der Waals surface area contributed by atoms with E-state index >= 15 is 0 Å². The first-order valence-electron chi connectivity index (χ1n) is 9.81. The first kappa shape index (κ1) is 17.0. The molecule has 142 valence electrons. The van der Waals surface area contributed by atoms with Crippen LogP contribution in [0.25, 0.3) is 0 Å². The van der Waals surface area contributed by atoms with Crippen molar-refractivity contribution in [3.63, 3.8) is 0 Å². The molecule has 7 atom stereocenters. The summed E-state index contributed by atoms with van der Waals surface area (Å²) >= 11 is 0. The van der Waals surface area contributed by atoms with Crippen molar-refractivity contribution < 1.29 is 24.5 Å². The Labute approximate surface area is 154 Å². The van der Waals surface area contributed by atoms with Crippen molar-refractivity contribution in [2.24, 2.45) is 23.2 Å². The second kappa shape index (κ2) is 4.62. The smallest absolute Gasteiger partial charge is 0.334 e. The van der Waals surface area contributed by atoms with Crippen molar-refractivity contribution in [2.45, 2.75) is 69.9 Å². The zero-order valence-electron chi connectivity index (χ0n) is 15.8. The molecule has 3 aliphatic carbocycles. The van der Waals surface area contributed by atoms with E-state index in [1.54, 1.807) is 0 Å². The molecule has 0 aromatic heterocycles. The minimum atomic E-state index is -0.266. The Balaban J connectivity index is 0.00000150. The Bertz CT molecular complexity index is 768. The topological polar surface area (TPSA) is 82.9 Å². The van der Waals surface area contributed by atoms with Crippen LogP contribution in [0, 0.1) is 23.2 Å². The molecule has 5 heteroatoms. The van der Waals surface area contributed by atoms with Gasteiger partial charge in [0.15, 0.2) is 0 Å². The van der Waals surface area contributed by atoms with Crippen LogP contribution in [-0.2, 0) is 19.0 Å². The predicted octanol–water partition coefficient (Wildman–Crippen LogP) is 2.34. The number of cyclic esters (lactones) is 1. The standard InChI is InChI=1S/C21H26O4.H2O/c1-10(2)13-7-17-21(25-17)19(4)6-5-12-14(9-23-18(12)22)15(19)8-16-20(21,24-16)11(13)3;/h10,13,15-17H,3,5-9H2,1-2,4H3;1H2. The van der Waals surface area contributed by atoms with E-state index in [1.807, 2.05) is 0 Å². The third-order valence-corrected chi connectivity index (χ3v) is 8.57. The van der Waals surface area contributed by atoms with Crippen LogP contribution in [0.5, 0.6) is 0 Å². The maximum atomic E-state index is 12.1. The van der Waals surface area contributed by atoms with E-state index < -0.39 is 0 Å². The third kappa shape index (κ3) is 1.48. The summed E-state index contributed by atoms with van der Waals surface area (Å²) in [7, 11) is 0. The first-order chi connectivity index (χ1) is 11.9. The summed E-state index contributed by atoms with van der Waals surface area (Å²) in [5.41, 5.74) is 2.99. The number of carbonyl (C=O) groups excluding carboxylic acids is 1. The van der Waals surface area contributed by atoms with Gasteiger partial charge >= 0.3 is 5.97 Å². The van der Waals surface area contributed by atoms with E-state index in [-0.39, 0.29) is 40.3 Å². The van der Waals surface area contributed by atoms with E-state index in [9.17, 15) is 4.79 Å². The number of epoxide rings is 2. The summed E-state index contributed by atoms with van der Waals surface area (Å²) < 4.78 is 18.4. The lowest BCUT2D eigenvalue weighted by molar-refractivity contribution is -0.136. The highest BCUT2D eigenvalue weighted by Crippen LogP contribution is 2.80. The maximum absolute atomic E-state index is 12.1. The van der Waals surface area contributed by atoms with Crippen molar-refractivity contribution in [2.75, 3.05) is 6.61 Å². The molecule has 6 aliphatic rings. The average Bonchev–Trinajstić information content (AvgIpc) is 3.44. The van der Waals surface area contributed by atoms with Crippen LogP contribution in [-0.4, -0.2) is 41.5 Å². The molecule has 2 N–H and O–H groups in total. The predicted molar refractivity (Wildman–Crippen MR) is 94.3 cm³/mol. The molecule has 0 amide bonds. The number of rotatable bonds is 1. The second-order valence-corrected chi connectivity index (χ2v) is 9.58. The van der Waals surface area contributed by atoms with E-state index in [2.05, 4.69) is 27.4 Å². The molecule has 3 aliphatic heterocycles. The number of hydrogen-bond donors (Lipinski definition) is 0. The van der Waals surface area contributed by atoms with Gasteiger partial charge in [0, 0.05) is 11.0 Å². The molecule has 4 fully saturated rings. The van der Waals surface area contributed by atoms with Crippen LogP contribution in [0.15, 0.2) is 23.3 Å². The minimum absolute atomic E-state index is 0. The van der Waals surface area contributed by atoms with Gasteiger partial charge in [0.25, 0.3) is 0 Å². The Hall–Kier alpha value is -1.17. The lowest BCUT2D eigenvalue weighted by Gasteiger charge is -2.53. The van der Waals surface area contributed by atoms with E-state index in [0.717, 1.165) is 31.3 Å². The summed E-state index contributed by atoms with van der Waals surface area (Å²) in [5.74, 6) is 1.31. The zero-order valence-corrected chi connectivity index (χ0v) is 15.8. The number of hydrogen-bond acceptors (Lipinski definition) is 4. The summed E-state index contributed by atoms with van der Waals surface area (Å²) in [6, 6.07) is 0. The van der Waals surface area contributed by atoms with Gasteiger partial charge in [-0.3, -0.25) is 0 Å². The fraction of sp³-hybridized carbons (Fsp3) is 0.762. The quantitative estimate of drug-likeness (QED) is 0.408. The highest BCUT2D eigenvalue weighted by molar-refractivity contribution is 5.92. The fourth-order valence-corrected chi connectivity index (χ4v) is 7.26. The molecule has 2 spiro atoms. The van der Waals surface area contributed by atoms with Gasteiger partial charge < -0.3 is 19.7 Å². The molecule has 2 saturated carbocycles. The molecule has 0 bridgehead atoms. The van der Waals surface area contributed by atoms with Crippen LogP contribution in [0.1, 0.15) is 46.5 Å². The molecule has 6 rings (SSSR count). The Morgan fingerprint density at radius 1 is 1.19 bits per heavy atom. The lowest BCUT2D eigenvalue weighted by Crippen LogP contribution is -2.62. The summed E-state index contributed by atoms with van der Waals surface area (Å²) in [6.45, 7) is 12.0. The van der Waals surface area contributed by atoms with Crippen molar-refractivity contribution >= 4 is 5.97 Å². The van der Waals surface area contributed by atoms with Gasteiger partial charge in [-0.15, -0.1) is 0 Å². The first-order valence-corrected chi connectivity index (χ1v) is 9.81. The molecule has 3 heterocycles. The van der Waals surface area contributed by atoms with Crippen LogP contribution < -0.4 is 0 Å². The van der Waals surface area contributed by atoms with Crippen molar-refractivity contribution in [3.8, 4) is 0 Å². The fourth-order valence-electron chi connectivity index (χ4n) is 7.26. The molecule has 2 saturated heterocycles. The maximum Gasteiger partial charge on any atom is 0.334 e. The zero-order chi connectivity index (χ0) is 17.4. The van der Waals surface area contributed by atoms with Gasteiger partial charge in [0.1, 0.15) is 17.8 Å². The average molecular weight is 360 g/mol. The monoisotopic (exact) mass is 360 g/mol. The van der Waals surface area contributed by atoms with Gasteiger partial charge in [0.2, 0.25) is 0 Å². The second-order valence-electron chi connectivity index (χ2n) is 9.58. The number of fused-ring (bicyclic) bond motifs is 2. The lowest BCUT2D eigenvalue weighted by atomic mass is 9.46. The third-order valence-electron chi connectivity index (χ3n) is 8.57. The van der Waals surface area contributed by atoms with Crippen molar-refractivity contribution in [1.29, 1.82) is 0 Å². The van der Waals surface area contributed by atoms with Gasteiger partial charge in [-0.1, -0.05) is 27.4 Å². The molecular formula is C21H28O5. The number of esters is 1. The molecule has 5 nitrogen and oxygen atoms in total. The Kier molecular flexibility index (Phi) is 3.02. The SMILES string of the molecule is C=C1C(C(C)C)CC2OC23C2(C)CCC4=C(COC4=O)C2CC2OC123.O. The molecule has 26 heavy (non-hydrogen) atoms. The highest BCUT2D eigenvalue weighted by Gasteiger charge is 2.91. The van der Waals surface area contributed by atoms with Gasteiger partial charge in [-0.25, -0.2) is 4.79 Å². The van der Waals surface area contributed by atoms with Crippen LogP contribution in [0.4, 0.5) is 0 Å². The molecule has 0 radical (unpaired) electrons. The summed E-state index contributed by atoms with van der Waals surface area (Å²) in [6.07, 6.45) is 4.33. The molecule has 7 unspecified atom stereocenters. The summed E-state index contributed by atoms with van der Waals surface area (Å²) in [4.78, 5) is 12.1. The Morgan fingerprint density at radius 2 is 1.96 bits per heavy atom. The normalized spacial score (nSPS) is 52.9. The number of ether oxygens (including phenoxy) is 3. The van der Waals surface area contributed by atoms with Gasteiger partial charge in [0.05, 0.1) is 12.2 Å². The van der Waals surface area contributed by atoms with E-state index in [1.165, 1.54) is 11.1 Å². The van der Waals surface area contributed by atoms with Crippen molar-refractivity contribution in [3.05, 3.63) is 23.3 Å². The van der Waals surface area contributed by atoms with Crippen LogP contribution in [0.3, 0.4) is 0 Å². The minimum Gasteiger partial charge on any atom is -0.458 e. The van der Waals surface area contributed by atoms with Crippen molar-refractivity contribution in [1.82, 2.24) is 0 Å². The number of carbonyl (C=O) groups is 1. The largest absolute Gasteiger partial charge is 0.458 e.